The molecule has 168 valence electrons. The number of sulfonamides is 1. The van der Waals surface area contributed by atoms with E-state index >= 15 is 0 Å². The number of rotatable bonds is 6. The number of nitrogens with zero attached hydrogens (tertiary/aromatic N) is 1. The predicted octanol–water partition coefficient (Wildman–Crippen LogP) is 4.22. The van der Waals surface area contributed by atoms with Crippen molar-refractivity contribution in [1.82, 2.24) is 4.31 Å². The fourth-order valence-corrected chi connectivity index (χ4v) is 5.44. The van der Waals surface area contributed by atoms with Gasteiger partial charge in [-0.25, -0.2) is 12.7 Å². The molecule has 3 aromatic rings. The Morgan fingerprint density at radius 3 is 2.00 bits per heavy atom. The van der Waals surface area contributed by atoms with Gasteiger partial charge < -0.3 is 4.74 Å². The molecule has 6 nitrogen and oxygen atoms in total. The molecule has 7 heteroatoms. The summed E-state index contributed by atoms with van der Waals surface area (Å²) in [5, 5.41) is 0. The molecule has 0 N–H and O–H groups in total. The zero-order chi connectivity index (χ0) is 23.4. The maximum absolute atomic E-state index is 13.9. The highest BCUT2D eigenvalue weighted by Gasteiger charge is 2.47. The van der Waals surface area contributed by atoms with E-state index in [1.165, 1.54) is 18.2 Å². The minimum Gasteiger partial charge on any atom is -0.466 e. The maximum Gasteiger partial charge on any atom is 0.314 e. The van der Waals surface area contributed by atoms with Crippen LogP contribution in [-0.4, -0.2) is 31.2 Å². The third-order valence-electron chi connectivity index (χ3n) is 5.45. The summed E-state index contributed by atoms with van der Waals surface area (Å²) in [6.45, 7) is 1.83. The van der Waals surface area contributed by atoms with Gasteiger partial charge in [-0.3, -0.25) is 9.59 Å². The van der Waals surface area contributed by atoms with Crippen LogP contribution in [0.15, 0.2) is 102 Å². The lowest BCUT2D eigenvalue weighted by Crippen LogP contribution is -2.45. The van der Waals surface area contributed by atoms with Gasteiger partial charge in [0.05, 0.1) is 29.0 Å². The van der Waals surface area contributed by atoms with E-state index in [4.69, 9.17) is 4.74 Å². The van der Waals surface area contributed by atoms with Crippen LogP contribution in [0.2, 0.25) is 0 Å². The molecule has 0 saturated heterocycles. The van der Waals surface area contributed by atoms with Gasteiger partial charge in [-0.1, -0.05) is 78.9 Å². The van der Waals surface area contributed by atoms with Gasteiger partial charge in [0, 0.05) is 0 Å². The number of benzene rings is 3. The molecule has 0 spiro atoms. The van der Waals surface area contributed by atoms with Gasteiger partial charge in [-0.15, -0.1) is 0 Å². The van der Waals surface area contributed by atoms with E-state index in [9.17, 15) is 18.0 Å². The molecular formula is C26H23NO5S. The quantitative estimate of drug-likeness (QED) is 0.514. The lowest BCUT2D eigenvalue weighted by atomic mass is 9.81. The molecule has 0 aliphatic carbocycles. The average molecular weight is 462 g/mol. The van der Waals surface area contributed by atoms with Gasteiger partial charge in [0.15, 0.2) is 0 Å². The van der Waals surface area contributed by atoms with E-state index in [2.05, 4.69) is 0 Å². The van der Waals surface area contributed by atoms with E-state index in [0.29, 0.717) is 11.1 Å². The molecule has 0 aromatic heterocycles. The van der Waals surface area contributed by atoms with Crippen molar-refractivity contribution in [3.63, 3.8) is 0 Å². The van der Waals surface area contributed by atoms with Crippen LogP contribution in [-0.2, 0) is 24.3 Å². The molecule has 1 aliphatic heterocycles. The monoisotopic (exact) mass is 461 g/mol. The molecular weight excluding hydrogens is 438 g/mol. The molecule has 33 heavy (non-hydrogen) atoms. The Bertz CT molecular complexity index is 1270. The van der Waals surface area contributed by atoms with Crippen LogP contribution in [0.1, 0.15) is 24.0 Å². The van der Waals surface area contributed by atoms with Gasteiger partial charge in [0.1, 0.15) is 0 Å². The van der Waals surface area contributed by atoms with Crippen molar-refractivity contribution in [2.24, 2.45) is 5.92 Å². The van der Waals surface area contributed by atoms with Crippen LogP contribution in [0.25, 0.3) is 5.70 Å². The van der Waals surface area contributed by atoms with Crippen molar-refractivity contribution in [3.05, 3.63) is 108 Å². The molecule has 1 amide bonds. The minimum absolute atomic E-state index is 0.0124. The molecule has 1 heterocycles. The number of carbonyl (C=O) groups is 2. The van der Waals surface area contributed by atoms with Crippen LogP contribution in [0.4, 0.5) is 0 Å². The second-order valence-electron chi connectivity index (χ2n) is 7.50. The van der Waals surface area contributed by atoms with Crippen LogP contribution < -0.4 is 0 Å². The molecule has 0 radical (unpaired) electrons. The zero-order valence-electron chi connectivity index (χ0n) is 18.0. The number of esters is 1. The van der Waals surface area contributed by atoms with E-state index in [0.717, 1.165) is 4.31 Å². The lowest BCUT2D eigenvalue weighted by Gasteiger charge is -2.36. The first-order valence-electron chi connectivity index (χ1n) is 10.6. The number of hydrogen-bond donors (Lipinski definition) is 0. The molecule has 0 unspecified atom stereocenters. The van der Waals surface area contributed by atoms with Gasteiger partial charge >= 0.3 is 5.97 Å². The van der Waals surface area contributed by atoms with Crippen LogP contribution in [0, 0.1) is 5.92 Å². The van der Waals surface area contributed by atoms with E-state index < -0.39 is 33.7 Å². The standard InChI is InChI=1S/C26H23NO5S/c1-2-32-26(29)22-18-23(19-12-6-3-7-13-19)27(33(30,31)21-16-10-5-11-17-21)25(28)24(22)20-14-8-4-9-15-20/h3-18,22,24H,2H2,1H3/t22-,24+/m0/s1. The van der Waals surface area contributed by atoms with Crippen molar-refractivity contribution < 1.29 is 22.7 Å². The summed E-state index contributed by atoms with van der Waals surface area (Å²) in [4.78, 5) is 26.9. The van der Waals surface area contributed by atoms with E-state index in [-0.39, 0.29) is 17.2 Å². The minimum atomic E-state index is -4.25. The highest BCUT2D eigenvalue weighted by Crippen LogP contribution is 2.41. The summed E-state index contributed by atoms with van der Waals surface area (Å²) in [5.74, 6) is -3.30. The van der Waals surface area contributed by atoms with Crippen molar-refractivity contribution in [2.45, 2.75) is 17.7 Å². The Hall–Kier alpha value is -3.71. The molecule has 4 rings (SSSR count). The topological polar surface area (TPSA) is 80.8 Å². The summed E-state index contributed by atoms with van der Waals surface area (Å²) >= 11 is 0. The molecule has 0 bridgehead atoms. The Morgan fingerprint density at radius 1 is 0.879 bits per heavy atom. The average Bonchev–Trinajstić information content (AvgIpc) is 2.85. The first-order chi connectivity index (χ1) is 15.9. The molecule has 0 saturated carbocycles. The summed E-state index contributed by atoms with van der Waals surface area (Å²) in [6.07, 6.45) is 1.53. The van der Waals surface area contributed by atoms with E-state index in [1.807, 2.05) is 0 Å². The first kappa shape index (κ1) is 22.5. The summed E-state index contributed by atoms with van der Waals surface area (Å²) in [6, 6.07) is 25.2. The Morgan fingerprint density at radius 2 is 1.42 bits per heavy atom. The number of ether oxygens (including phenoxy) is 1. The highest BCUT2D eigenvalue weighted by atomic mass is 32.2. The molecule has 2 atom stereocenters. The summed E-state index contributed by atoms with van der Waals surface area (Å²) in [5.41, 5.74) is 1.18. The Balaban J connectivity index is 1.96. The zero-order valence-corrected chi connectivity index (χ0v) is 18.8. The fourth-order valence-electron chi connectivity index (χ4n) is 3.95. The Labute approximate surface area is 193 Å². The fraction of sp³-hybridized carbons (Fsp3) is 0.154. The van der Waals surface area contributed by atoms with Gasteiger partial charge in [-0.2, -0.15) is 0 Å². The molecule has 0 fully saturated rings. The third kappa shape index (κ3) is 4.32. The maximum atomic E-state index is 13.9. The smallest absolute Gasteiger partial charge is 0.314 e. The van der Waals surface area contributed by atoms with E-state index in [1.54, 1.807) is 85.8 Å². The predicted molar refractivity (Wildman–Crippen MR) is 124 cm³/mol. The highest BCUT2D eigenvalue weighted by molar-refractivity contribution is 7.90. The second kappa shape index (κ2) is 9.42. The van der Waals surface area contributed by atoms with Crippen molar-refractivity contribution in [3.8, 4) is 0 Å². The van der Waals surface area contributed by atoms with Crippen molar-refractivity contribution >= 4 is 27.6 Å². The summed E-state index contributed by atoms with van der Waals surface area (Å²) in [7, 11) is -4.25. The Kier molecular flexibility index (Phi) is 6.42. The summed E-state index contributed by atoms with van der Waals surface area (Å²) < 4.78 is 33.5. The first-order valence-corrected chi connectivity index (χ1v) is 12.0. The van der Waals surface area contributed by atoms with Crippen molar-refractivity contribution in [1.29, 1.82) is 0 Å². The number of amides is 1. The number of carbonyl (C=O) groups excluding carboxylic acids is 2. The van der Waals surface area contributed by atoms with Gasteiger partial charge in [-0.05, 0) is 36.3 Å². The molecule has 3 aromatic carbocycles. The SMILES string of the molecule is CCOC(=O)[C@H]1C=C(c2ccccc2)N(S(=O)(=O)c2ccccc2)C(=O)[C@@H]1c1ccccc1. The van der Waals surface area contributed by atoms with Crippen molar-refractivity contribution in [2.75, 3.05) is 6.61 Å². The van der Waals surface area contributed by atoms with Crippen LogP contribution in [0.3, 0.4) is 0 Å². The van der Waals surface area contributed by atoms with Gasteiger partial charge in [0.25, 0.3) is 10.0 Å². The van der Waals surface area contributed by atoms with Gasteiger partial charge in [0.2, 0.25) is 5.91 Å². The third-order valence-corrected chi connectivity index (χ3v) is 7.18. The lowest BCUT2D eigenvalue weighted by molar-refractivity contribution is -0.149. The normalized spacial score (nSPS) is 18.5. The number of hydrogen-bond acceptors (Lipinski definition) is 5. The van der Waals surface area contributed by atoms with Crippen LogP contribution >= 0.6 is 0 Å². The second-order valence-corrected chi connectivity index (χ2v) is 9.29. The molecule has 1 aliphatic rings. The van der Waals surface area contributed by atoms with Crippen LogP contribution in [0.5, 0.6) is 0 Å². The largest absolute Gasteiger partial charge is 0.466 e.